The fourth-order valence-corrected chi connectivity index (χ4v) is 1.77. The van der Waals surface area contributed by atoms with Gasteiger partial charge in [-0.3, -0.25) is 4.79 Å². The van der Waals surface area contributed by atoms with E-state index in [2.05, 4.69) is 5.32 Å². The van der Waals surface area contributed by atoms with Crippen molar-refractivity contribution in [3.8, 4) is 5.75 Å². The van der Waals surface area contributed by atoms with E-state index >= 15 is 0 Å². The van der Waals surface area contributed by atoms with E-state index in [9.17, 15) is 9.90 Å². The van der Waals surface area contributed by atoms with Gasteiger partial charge >= 0.3 is 0 Å². The van der Waals surface area contributed by atoms with E-state index in [0.717, 1.165) is 0 Å². The van der Waals surface area contributed by atoms with Gasteiger partial charge in [-0.1, -0.05) is 19.9 Å². The molecule has 0 unspecified atom stereocenters. The Balaban J connectivity index is 2.86. The maximum Gasteiger partial charge on any atom is 0.251 e. The summed E-state index contributed by atoms with van der Waals surface area (Å²) in [6, 6.07) is 6.97. The molecular formula is C14H21NO3. The van der Waals surface area contributed by atoms with E-state index in [1.54, 1.807) is 31.4 Å². The largest absolute Gasteiger partial charge is 0.497 e. The molecule has 0 fully saturated rings. The molecule has 1 rings (SSSR count). The van der Waals surface area contributed by atoms with Crippen LogP contribution in [-0.2, 0) is 0 Å². The molecule has 0 atom stereocenters. The molecule has 18 heavy (non-hydrogen) atoms. The molecule has 0 aliphatic rings. The van der Waals surface area contributed by atoms with Crippen molar-refractivity contribution < 1.29 is 14.6 Å². The predicted molar refractivity (Wildman–Crippen MR) is 70.9 cm³/mol. The van der Waals surface area contributed by atoms with Gasteiger partial charge in [-0.2, -0.15) is 0 Å². The van der Waals surface area contributed by atoms with E-state index in [1.165, 1.54) is 0 Å². The molecule has 2 N–H and O–H groups in total. The Labute approximate surface area is 108 Å². The number of rotatable bonds is 6. The summed E-state index contributed by atoms with van der Waals surface area (Å²) in [5.41, 5.74) is -0.00533. The van der Waals surface area contributed by atoms with Crippen LogP contribution in [0, 0.1) is 0 Å². The van der Waals surface area contributed by atoms with Crippen molar-refractivity contribution in [2.75, 3.05) is 13.7 Å². The summed E-state index contributed by atoms with van der Waals surface area (Å²) < 4.78 is 5.08. The van der Waals surface area contributed by atoms with E-state index < -0.39 is 5.54 Å². The normalized spacial score (nSPS) is 11.1. The summed E-state index contributed by atoms with van der Waals surface area (Å²) >= 11 is 0. The Hall–Kier alpha value is -1.55. The van der Waals surface area contributed by atoms with E-state index in [-0.39, 0.29) is 12.5 Å². The number of carbonyl (C=O) groups excluding carboxylic acids is 1. The summed E-state index contributed by atoms with van der Waals surface area (Å²) in [7, 11) is 1.56. The molecule has 0 aliphatic heterocycles. The maximum atomic E-state index is 12.1. The van der Waals surface area contributed by atoms with Crippen LogP contribution in [0.1, 0.15) is 37.0 Å². The zero-order valence-electron chi connectivity index (χ0n) is 11.2. The minimum absolute atomic E-state index is 0.0598. The standard InChI is InChI=1S/C14H21NO3/c1-4-14(5-2,10-16)15-13(17)11-7-6-8-12(9-11)18-3/h6-9,16H,4-5,10H2,1-3H3,(H,15,17). The monoisotopic (exact) mass is 251 g/mol. The highest BCUT2D eigenvalue weighted by Crippen LogP contribution is 2.17. The lowest BCUT2D eigenvalue weighted by atomic mass is 9.93. The molecule has 4 heteroatoms. The van der Waals surface area contributed by atoms with E-state index in [0.29, 0.717) is 24.2 Å². The maximum absolute atomic E-state index is 12.1. The summed E-state index contributed by atoms with van der Waals surface area (Å²) in [5.74, 6) is 0.455. The lowest BCUT2D eigenvalue weighted by Crippen LogP contribution is -2.50. The number of amides is 1. The first-order valence-electron chi connectivity index (χ1n) is 6.18. The Morgan fingerprint density at radius 3 is 2.56 bits per heavy atom. The predicted octanol–water partition coefficient (Wildman–Crippen LogP) is 1.98. The first-order valence-corrected chi connectivity index (χ1v) is 6.18. The molecule has 0 heterocycles. The van der Waals surface area contributed by atoms with Crippen LogP contribution in [-0.4, -0.2) is 30.3 Å². The van der Waals surface area contributed by atoms with Crippen LogP contribution < -0.4 is 10.1 Å². The molecule has 0 saturated heterocycles. The van der Waals surface area contributed by atoms with Crippen molar-refractivity contribution in [2.45, 2.75) is 32.2 Å². The van der Waals surface area contributed by atoms with Crippen LogP contribution in [0.15, 0.2) is 24.3 Å². The molecule has 0 spiro atoms. The van der Waals surface area contributed by atoms with Gasteiger partial charge < -0.3 is 15.2 Å². The second-order valence-corrected chi connectivity index (χ2v) is 4.33. The van der Waals surface area contributed by atoms with Gasteiger partial charge in [0.25, 0.3) is 5.91 Å². The highest BCUT2D eigenvalue weighted by Gasteiger charge is 2.27. The topological polar surface area (TPSA) is 58.6 Å². The van der Waals surface area contributed by atoms with Crippen molar-refractivity contribution in [1.82, 2.24) is 5.32 Å². The zero-order chi connectivity index (χ0) is 13.6. The van der Waals surface area contributed by atoms with Crippen LogP contribution in [0.25, 0.3) is 0 Å². The fourth-order valence-electron chi connectivity index (χ4n) is 1.77. The van der Waals surface area contributed by atoms with Crippen molar-refractivity contribution in [1.29, 1.82) is 0 Å². The number of carbonyl (C=O) groups is 1. The minimum atomic E-state index is -0.542. The van der Waals surface area contributed by atoms with E-state index in [4.69, 9.17) is 4.74 Å². The average Bonchev–Trinajstić information content (AvgIpc) is 2.44. The van der Waals surface area contributed by atoms with Gasteiger partial charge in [0.2, 0.25) is 0 Å². The number of benzene rings is 1. The number of aliphatic hydroxyl groups excluding tert-OH is 1. The third-order valence-corrected chi connectivity index (χ3v) is 3.37. The van der Waals surface area contributed by atoms with Gasteiger partial charge in [-0.05, 0) is 31.0 Å². The summed E-state index contributed by atoms with van der Waals surface area (Å²) in [5, 5.41) is 12.3. The Kier molecular flexibility index (Phi) is 5.16. The molecular weight excluding hydrogens is 230 g/mol. The van der Waals surface area contributed by atoms with Crippen LogP contribution in [0.4, 0.5) is 0 Å². The molecule has 0 aromatic heterocycles. The second kappa shape index (κ2) is 6.40. The first-order chi connectivity index (χ1) is 8.60. The van der Waals surface area contributed by atoms with Crippen molar-refractivity contribution in [2.24, 2.45) is 0 Å². The molecule has 1 amide bonds. The number of hydrogen-bond acceptors (Lipinski definition) is 3. The molecule has 0 saturated carbocycles. The van der Waals surface area contributed by atoms with Crippen molar-refractivity contribution in [3.05, 3.63) is 29.8 Å². The summed E-state index contributed by atoms with van der Waals surface area (Å²) in [4.78, 5) is 12.1. The highest BCUT2D eigenvalue weighted by molar-refractivity contribution is 5.95. The van der Waals surface area contributed by atoms with Gasteiger partial charge in [0.05, 0.1) is 19.3 Å². The van der Waals surface area contributed by atoms with Crippen LogP contribution >= 0.6 is 0 Å². The third kappa shape index (κ3) is 3.23. The average molecular weight is 251 g/mol. The lowest BCUT2D eigenvalue weighted by molar-refractivity contribution is 0.0817. The van der Waals surface area contributed by atoms with Gasteiger partial charge in [-0.25, -0.2) is 0 Å². The molecule has 0 aliphatic carbocycles. The number of ether oxygens (including phenoxy) is 1. The quantitative estimate of drug-likeness (QED) is 0.812. The highest BCUT2D eigenvalue weighted by atomic mass is 16.5. The number of aliphatic hydroxyl groups is 1. The van der Waals surface area contributed by atoms with Crippen LogP contribution in [0.5, 0.6) is 5.75 Å². The Morgan fingerprint density at radius 2 is 2.06 bits per heavy atom. The van der Waals surface area contributed by atoms with Gasteiger partial charge in [0, 0.05) is 5.56 Å². The number of nitrogens with one attached hydrogen (secondary N) is 1. The SMILES string of the molecule is CCC(CC)(CO)NC(=O)c1cccc(OC)c1. The van der Waals surface area contributed by atoms with Crippen molar-refractivity contribution >= 4 is 5.91 Å². The fraction of sp³-hybridized carbons (Fsp3) is 0.500. The number of hydrogen-bond donors (Lipinski definition) is 2. The summed E-state index contributed by atoms with van der Waals surface area (Å²) in [6.07, 6.45) is 1.38. The minimum Gasteiger partial charge on any atom is -0.497 e. The third-order valence-electron chi connectivity index (χ3n) is 3.37. The number of methoxy groups -OCH3 is 1. The van der Waals surface area contributed by atoms with Gasteiger partial charge in [0.1, 0.15) is 5.75 Å². The molecule has 0 radical (unpaired) electrons. The van der Waals surface area contributed by atoms with E-state index in [1.807, 2.05) is 13.8 Å². The molecule has 4 nitrogen and oxygen atoms in total. The van der Waals surface area contributed by atoms with Crippen LogP contribution in [0.2, 0.25) is 0 Å². The van der Waals surface area contributed by atoms with Crippen molar-refractivity contribution in [3.63, 3.8) is 0 Å². The van der Waals surface area contributed by atoms with Gasteiger partial charge in [0.15, 0.2) is 0 Å². The lowest BCUT2D eigenvalue weighted by Gasteiger charge is -2.30. The first kappa shape index (κ1) is 14.5. The Morgan fingerprint density at radius 1 is 1.39 bits per heavy atom. The summed E-state index contributed by atoms with van der Waals surface area (Å²) in [6.45, 7) is 3.84. The molecule has 1 aromatic carbocycles. The zero-order valence-corrected chi connectivity index (χ0v) is 11.2. The second-order valence-electron chi connectivity index (χ2n) is 4.33. The Bertz CT molecular complexity index is 392. The molecule has 100 valence electrons. The smallest absolute Gasteiger partial charge is 0.251 e. The molecule has 1 aromatic rings. The van der Waals surface area contributed by atoms with Crippen LogP contribution in [0.3, 0.4) is 0 Å². The van der Waals surface area contributed by atoms with Gasteiger partial charge in [-0.15, -0.1) is 0 Å². The molecule has 0 bridgehead atoms.